The average molecular weight is 368 g/mol. The third-order valence-electron chi connectivity index (χ3n) is 5.37. The van der Waals surface area contributed by atoms with E-state index >= 15 is 0 Å². The molecule has 0 aliphatic heterocycles. The number of hydrogen-bond donors (Lipinski definition) is 0. The molecule has 0 N–H and O–H groups in total. The minimum Gasteiger partial charge on any atom is -0.220 e. The van der Waals surface area contributed by atoms with Gasteiger partial charge in [-0.3, -0.25) is 0 Å². The van der Waals surface area contributed by atoms with Crippen molar-refractivity contribution in [2.45, 2.75) is 56.8 Å². The van der Waals surface area contributed by atoms with E-state index in [1.54, 1.807) is 0 Å². The van der Waals surface area contributed by atoms with Crippen LogP contribution >= 0.6 is 10.0 Å². The lowest BCUT2D eigenvalue weighted by Crippen LogP contribution is -2.21. The Morgan fingerprint density at radius 3 is 2.04 bits per heavy atom. The number of hydrogen-bond acceptors (Lipinski definition) is 1. The highest BCUT2D eigenvalue weighted by Gasteiger charge is 2.25. The van der Waals surface area contributed by atoms with Gasteiger partial charge in [0.1, 0.15) is 0 Å². The third kappa shape index (κ3) is 4.92. The predicted molar refractivity (Wildman–Crippen MR) is 117 cm³/mol. The molecule has 0 aromatic heterocycles. The summed E-state index contributed by atoms with van der Waals surface area (Å²) in [4.78, 5) is 1.48. The van der Waals surface area contributed by atoms with Crippen LogP contribution in [0.1, 0.15) is 57.7 Å². The zero-order chi connectivity index (χ0) is 19.6. The summed E-state index contributed by atoms with van der Waals surface area (Å²) in [6.45, 7) is 11.4. The Morgan fingerprint density at radius 2 is 1.50 bits per heavy atom. The molecule has 1 nitrogen and oxygen atoms in total. The van der Waals surface area contributed by atoms with Gasteiger partial charge < -0.3 is 0 Å². The summed E-state index contributed by atoms with van der Waals surface area (Å²) < 4.78 is 0. The van der Waals surface area contributed by atoms with Gasteiger partial charge in [-0.1, -0.05) is 58.9 Å². The average Bonchev–Trinajstić information content (AvgIpc) is 2.60. The van der Waals surface area contributed by atoms with Crippen molar-refractivity contribution in [3.05, 3.63) is 65.2 Å². The van der Waals surface area contributed by atoms with Crippen LogP contribution in [0.15, 0.2) is 53.4 Å². The van der Waals surface area contributed by atoms with Crippen LogP contribution in [0.5, 0.6) is 0 Å². The van der Waals surface area contributed by atoms with Crippen LogP contribution in [0.3, 0.4) is 0 Å². The van der Waals surface area contributed by atoms with Gasteiger partial charge in [0.05, 0.1) is 11.6 Å². The Morgan fingerprint density at radius 1 is 0.885 bits per heavy atom. The van der Waals surface area contributed by atoms with Crippen molar-refractivity contribution in [3.63, 3.8) is 0 Å². The molecule has 0 heterocycles. The Kier molecular flexibility index (Phi) is 5.93. The van der Waals surface area contributed by atoms with Crippen molar-refractivity contribution < 1.29 is 0 Å². The second-order valence-electron chi connectivity index (χ2n) is 9.34. The monoisotopic (exact) mass is 367 g/mol. The minimum absolute atomic E-state index is 0.0719. The van der Waals surface area contributed by atoms with Crippen molar-refractivity contribution in [1.29, 1.82) is 5.26 Å². The quantitative estimate of drug-likeness (QED) is 0.580. The van der Waals surface area contributed by atoms with Gasteiger partial charge >= 0.3 is 0 Å². The van der Waals surface area contributed by atoms with E-state index in [2.05, 4.69) is 83.5 Å². The Hall–Kier alpha value is -1.72. The molecule has 2 rings (SSSR count). The van der Waals surface area contributed by atoms with Gasteiger partial charge in [-0.2, -0.15) is 5.26 Å². The summed E-state index contributed by atoms with van der Waals surface area (Å²) in [6, 6.07) is 19.6. The fraction of sp³-hybridized carbons (Fsp3) is 0.458. The van der Waals surface area contributed by atoms with Crippen molar-refractivity contribution in [3.8, 4) is 6.07 Å². The van der Waals surface area contributed by atoms with Gasteiger partial charge in [-0.15, -0.1) is 0 Å². The molecule has 0 unspecified atom stereocenters. The lowest BCUT2D eigenvalue weighted by molar-refractivity contribution is 0.509. The van der Waals surface area contributed by atoms with Gasteiger partial charge in [0.2, 0.25) is 0 Å². The Balaban J connectivity index is 2.14. The van der Waals surface area contributed by atoms with E-state index in [1.165, 1.54) is 21.8 Å². The molecule has 2 aromatic rings. The molecule has 0 aliphatic rings. The van der Waals surface area contributed by atoms with E-state index in [-0.39, 0.29) is 10.8 Å². The van der Waals surface area contributed by atoms with Crippen LogP contribution < -0.4 is 0 Å². The first-order valence-electron chi connectivity index (χ1n) is 9.28. The molecule has 2 aromatic carbocycles. The van der Waals surface area contributed by atoms with Crippen LogP contribution in [0, 0.1) is 11.3 Å². The first-order valence-corrected chi connectivity index (χ1v) is 11.9. The molecule has 0 saturated carbocycles. The van der Waals surface area contributed by atoms with Gasteiger partial charge in [-0.25, -0.2) is 10.0 Å². The first kappa shape index (κ1) is 20.6. The molecule has 0 amide bonds. The maximum absolute atomic E-state index is 9.17. The summed E-state index contributed by atoms with van der Waals surface area (Å²) >= 11 is 0. The highest BCUT2D eigenvalue weighted by molar-refractivity contribution is 8.32. The van der Waals surface area contributed by atoms with E-state index in [9.17, 15) is 0 Å². The smallest absolute Gasteiger partial charge is 0.0991 e. The topological polar surface area (TPSA) is 23.8 Å². The fourth-order valence-electron chi connectivity index (χ4n) is 3.11. The van der Waals surface area contributed by atoms with Crippen molar-refractivity contribution >= 4 is 10.0 Å². The molecule has 140 valence electrons. The van der Waals surface area contributed by atoms with Crippen molar-refractivity contribution in [2.24, 2.45) is 0 Å². The summed E-state index contributed by atoms with van der Waals surface area (Å²) in [7, 11) is -0.844. The summed E-state index contributed by atoms with van der Waals surface area (Å²) in [5.74, 6) is 1.19. The molecule has 0 spiro atoms. The minimum atomic E-state index is -0.844. The van der Waals surface area contributed by atoms with E-state index in [0.717, 1.165) is 12.0 Å². The van der Waals surface area contributed by atoms with Crippen LogP contribution in [-0.4, -0.2) is 18.3 Å². The SMILES string of the molecule is CC(C)(C)c1ccc(S(C)(C)CCC(C)(C)c2cccc(C#N)c2)cc1. The van der Waals surface area contributed by atoms with Gasteiger partial charge in [-0.05, 0) is 75.8 Å². The highest BCUT2D eigenvalue weighted by atomic mass is 32.3. The fourth-order valence-corrected chi connectivity index (χ4v) is 5.23. The molecular formula is C24H33NS. The maximum Gasteiger partial charge on any atom is 0.0991 e. The standard InChI is InChI=1S/C24H33NS/c1-23(2,3)20-11-13-22(14-12-20)26(6,7)16-15-24(4,5)21-10-8-9-19(17-21)18-25/h8-14,17H,15-16H2,1-7H3. The molecule has 0 radical (unpaired) electrons. The maximum atomic E-state index is 9.17. The van der Waals surface area contributed by atoms with Crippen LogP contribution in [0.4, 0.5) is 0 Å². The molecule has 0 atom stereocenters. The molecule has 26 heavy (non-hydrogen) atoms. The summed E-state index contributed by atoms with van der Waals surface area (Å²) in [6.07, 6.45) is 5.95. The first-order chi connectivity index (χ1) is 12.0. The number of nitriles is 1. The molecule has 2 heteroatoms. The number of nitrogens with zero attached hydrogens (tertiary/aromatic N) is 1. The Labute approximate surface area is 161 Å². The largest absolute Gasteiger partial charge is 0.220 e. The van der Waals surface area contributed by atoms with Crippen LogP contribution in [-0.2, 0) is 10.8 Å². The molecule has 0 saturated heterocycles. The molecule has 0 aliphatic carbocycles. The number of rotatable bonds is 5. The van der Waals surface area contributed by atoms with Gasteiger partial charge in [0.25, 0.3) is 0 Å². The summed E-state index contributed by atoms with van der Waals surface area (Å²) in [5.41, 5.74) is 3.67. The van der Waals surface area contributed by atoms with Crippen LogP contribution in [0.2, 0.25) is 0 Å². The lowest BCUT2D eigenvalue weighted by atomic mass is 9.82. The van der Waals surface area contributed by atoms with E-state index < -0.39 is 10.0 Å². The van der Waals surface area contributed by atoms with Crippen molar-refractivity contribution in [1.82, 2.24) is 0 Å². The molecule has 0 bridgehead atoms. The van der Waals surface area contributed by atoms with E-state index in [4.69, 9.17) is 5.26 Å². The Bertz CT molecular complexity index is 786. The second-order valence-corrected chi connectivity index (χ2v) is 13.3. The zero-order valence-corrected chi connectivity index (χ0v) is 18.2. The molecular weight excluding hydrogens is 334 g/mol. The van der Waals surface area contributed by atoms with Crippen LogP contribution in [0.25, 0.3) is 0 Å². The summed E-state index contributed by atoms with van der Waals surface area (Å²) in [5, 5.41) is 9.17. The predicted octanol–water partition coefficient (Wildman–Crippen LogP) is 6.65. The van der Waals surface area contributed by atoms with Gasteiger partial charge in [0, 0.05) is 0 Å². The van der Waals surface area contributed by atoms with Crippen molar-refractivity contribution in [2.75, 3.05) is 18.3 Å². The number of benzene rings is 2. The third-order valence-corrected chi connectivity index (χ3v) is 8.14. The normalized spacial score (nSPS) is 13.3. The van der Waals surface area contributed by atoms with E-state index in [1.807, 2.05) is 18.2 Å². The zero-order valence-electron chi connectivity index (χ0n) is 17.4. The van der Waals surface area contributed by atoms with Gasteiger partial charge in [0.15, 0.2) is 0 Å². The molecule has 0 fully saturated rings. The van der Waals surface area contributed by atoms with E-state index in [0.29, 0.717) is 0 Å². The lowest BCUT2D eigenvalue weighted by Gasteiger charge is -2.36. The highest BCUT2D eigenvalue weighted by Crippen LogP contribution is 2.51. The second kappa shape index (κ2) is 7.49.